The van der Waals surface area contributed by atoms with E-state index in [9.17, 15) is 5.11 Å². The molecule has 0 radical (unpaired) electrons. The molecule has 2 aromatic carbocycles. The summed E-state index contributed by atoms with van der Waals surface area (Å²) in [6.07, 6.45) is 8.59. The van der Waals surface area contributed by atoms with Crippen LogP contribution in [0.25, 0.3) is 10.4 Å². The normalized spacial score (nSPS) is 28.1. The number of rotatable bonds is 4. The van der Waals surface area contributed by atoms with Gasteiger partial charge in [-0.15, -0.1) is 0 Å². The predicted octanol–water partition coefficient (Wildman–Crippen LogP) is 5.64. The van der Waals surface area contributed by atoms with E-state index in [4.69, 9.17) is 5.53 Å². The molecule has 3 aliphatic rings. The summed E-state index contributed by atoms with van der Waals surface area (Å²) in [6.45, 7) is 2.22. The summed E-state index contributed by atoms with van der Waals surface area (Å²) in [7, 11) is 0. The van der Waals surface area contributed by atoms with Gasteiger partial charge in [-0.2, -0.15) is 0 Å². The molecule has 2 aromatic rings. The third-order valence-electron chi connectivity index (χ3n) is 7.72. The van der Waals surface area contributed by atoms with Gasteiger partial charge in [0, 0.05) is 28.6 Å². The Morgan fingerprint density at radius 1 is 1.14 bits per heavy atom. The summed E-state index contributed by atoms with van der Waals surface area (Å²) in [5, 5.41) is 13.8. The van der Waals surface area contributed by atoms with Gasteiger partial charge in [-0.25, -0.2) is 0 Å². The second-order valence-electron chi connectivity index (χ2n) is 9.01. The highest BCUT2D eigenvalue weighted by Crippen LogP contribution is 2.56. The topological polar surface area (TPSA) is 72.2 Å². The zero-order chi connectivity index (χ0) is 19.8. The van der Waals surface area contributed by atoms with E-state index in [0.717, 1.165) is 25.9 Å². The average molecular weight is 389 g/mol. The zero-order valence-corrected chi connectivity index (χ0v) is 16.8. The first-order valence-electron chi connectivity index (χ1n) is 10.9. The van der Waals surface area contributed by atoms with Gasteiger partial charge >= 0.3 is 0 Å². The van der Waals surface area contributed by atoms with Crippen molar-refractivity contribution in [2.24, 2.45) is 11.0 Å². The summed E-state index contributed by atoms with van der Waals surface area (Å²) in [6, 6.07) is 14.7. The van der Waals surface area contributed by atoms with Gasteiger partial charge in [0.25, 0.3) is 0 Å². The highest BCUT2D eigenvalue weighted by Gasteiger charge is 2.53. The minimum Gasteiger partial charge on any atom is -0.508 e. The molecule has 0 amide bonds. The number of piperidine rings is 1. The molecular weight excluding hydrogens is 360 g/mol. The van der Waals surface area contributed by atoms with Crippen LogP contribution in [0.5, 0.6) is 5.75 Å². The molecule has 5 rings (SSSR count). The molecule has 1 saturated heterocycles. The Hall–Kier alpha value is -2.49. The first-order valence-corrected chi connectivity index (χ1v) is 10.9. The molecule has 5 heteroatoms. The zero-order valence-electron chi connectivity index (χ0n) is 16.8. The van der Waals surface area contributed by atoms with Gasteiger partial charge in [0.05, 0.1) is 0 Å². The van der Waals surface area contributed by atoms with Crippen LogP contribution in [0.15, 0.2) is 47.6 Å². The second-order valence-corrected chi connectivity index (χ2v) is 9.01. The minimum absolute atomic E-state index is 0.280. The number of phenols is 1. The fourth-order valence-corrected chi connectivity index (χ4v) is 6.40. The molecule has 3 atom stereocenters. The first kappa shape index (κ1) is 18.5. The van der Waals surface area contributed by atoms with Crippen molar-refractivity contribution in [2.45, 2.75) is 56.4 Å². The maximum absolute atomic E-state index is 10.2. The van der Waals surface area contributed by atoms with E-state index in [-0.39, 0.29) is 5.41 Å². The molecule has 5 nitrogen and oxygen atoms in total. The Balaban J connectivity index is 1.38. The molecule has 0 aromatic heterocycles. The SMILES string of the molecule is [N-]=[N+]=Nc1ccc(CCN2CC[C@]34CCCCC3[C@H]2Cc2ccc(O)cc24)cc1. The summed E-state index contributed by atoms with van der Waals surface area (Å²) < 4.78 is 0. The summed E-state index contributed by atoms with van der Waals surface area (Å²) in [5.41, 5.74) is 13.7. The number of aromatic hydroxyl groups is 1. The Bertz CT molecular complexity index is 950. The van der Waals surface area contributed by atoms with Crippen LogP contribution in [0, 0.1) is 5.92 Å². The number of benzene rings is 2. The monoisotopic (exact) mass is 388 g/mol. The van der Waals surface area contributed by atoms with Gasteiger partial charge in [0.1, 0.15) is 5.75 Å². The van der Waals surface area contributed by atoms with E-state index < -0.39 is 0 Å². The molecule has 1 N–H and O–H groups in total. The van der Waals surface area contributed by atoms with Gasteiger partial charge in [-0.05, 0) is 78.9 Å². The molecule has 0 spiro atoms. The number of hydrogen-bond donors (Lipinski definition) is 1. The lowest BCUT2D eigenvalue weighted by atomic mass is 9.52. The Morgan fingerprint density at radius 2 is 2.00 bits per heavy atom. The smallest absolute Gasteiger partial charge is 0.115 e. The van der Waals surface area contributed by atoms with Crippen LogP contribution in [0.3, 0.4) is 0 Å². The minimum atomic E-state index is 0.280. The van der Waals surface area contributed by atoms with E-state index in [1.807, 2.05) is 18.2 Å². The van der Waals surface area contributed by atoms with Gasteiger partial charge in [0.15, 0.2) is 0 Å². The second kappa shape index (κ2) is 7.40. The van der Waals surface area contributed by atoms with Gasteiger partial charge in [0.2, 0.25) is 0 Å². The molecule has 150 valence electrons. The van der Waals surface area contributed by atoms with E-state index >= 15 is 0 Å². The average Bonchev–Trinajstić information content (AvgIpc) is 2.75. The van der Waals surface area contributed by atoms with Crippen LogP contribution in [0.1, 0.15) is 48.8 Å². The highest BCUT2D eigenvalue weighted by atomic mass is 16.3. The van der Waals surface area contributed by atoms with Crippen molar-refractivity contribution in [1.29, 1.82) is 0 Å². The van der Waals surface area contributed by atoms with Crippen LogP contribution < -0.4 is 0 Å². The van der Waals surface area contributed by atoms with Crippen molar-refractivity contribution in [3.8, 4) is 5.75 Å². The lowest BCUT2D eigenvalue weighted by Gasteiger charge is -2.59. The fraction of sp³-hybridized carbons (Fsp3) is 0.500. The third kappa shape index (κ3) is 3.19. The molecule has 2 fully saturated rings. The van der Waals surface area contributed by atoms with Crippen LogP contribution >= 0.6 is 0 Å². The Kier molecular flexibility index (Phi) is 4.73. The molecule has 1 saturated carbocycles. The lowest BCUT2D eigenvalue weighted by molar-refractivity contribution is -0.0106. The quantitative estimate of drug-likeness (QED) is 0.418. The highest BCUT2D eigenvalue weighted by molar-refractivity contribution is 5.45. The maximum Gasteiger partial charge on any atom is 0.115 e. The molecular formula is C24H28N4O. The fourth-order valence-electron chi connectivity index (χ4n) is 6.40. The van der Waals surface area contributed by atoms with Crippen molar-refractivity contribution in [3.63, 3.8) is 0 Å². The number of fused-ring (bicyclic) bond motifs is 1. The van der Waals surface area contributed by atoms with Crippen LogP contribution in [0.2, 0.25) is 0 Å². The maximum atomic E-state index is 10.2. The Morgan fingerprint density at radius 3 is 2.83 bits per heavy atom. The molecule has 2 bridgehead atoms. The standard InChI is InChI=1S/C24H28N4O/c25-27-26-19-7-4-17(5-8-19)10-13-28-14-12-24-11-2-1-3-21(24)23(28)15-18-6-9-20(29)16-22(18)24/h4-9,16,21,23,29H,1-3,10-15H2/t21?,23-,24-/m1/s1. The lowest BCUT2D eigenvalue weighted by Crippen LogP contribution is -2.61. The van der Waals surface area contributed by atoms with Crippen LogP contribution in [-0.2, 0) is 18.3 Å². The summed E-state index contributed by atoms with van der Waals surface area (Å²) >= 11 is 0. The summed E-state index contributed by atoms with van der Waals surface area (Å²) in [5.74, 6) is 1.14. The van der Waals surface area contributed by atoms with E-state index in [0.29, 0.717) is 23.4 Å². The van der Waals surface area contributed by atoms with Crippen molar-refractivity contribution >= 4 is 5.69 Å². The van der Waals surface area contributed by atoms with Crippen molar-refractivity contribution in [3.05, 3.63) is 69.6 Å². The molecule has 29 heavy (non-hydrogen) atoms. The molecule has 1 unspecified atom stereocenters. The Labute approximate surface area is 172 Å². The first-order chi connectivity index (χ1) is 14.2. The molecule has 1 heterocycles. The van der Waals surface area contributed by atoms with Crippen LogP contribution in [0.4, 0.5) is 5.69 Å². The molecule has 1 aliphatic heterocycles. The van der Waals surface area contributed by atoms with Crippen molar-refractivity contribution < 1.29 is 5.11 Å². The summed E-state index contributed by atoms with van der Waals surface area (Å²) in [4.78, 5) is 5.58. The van der Waals surface area contributed by atoms with Gasteiger partial charge in [-0.3, -0.25) is 4.90 Å². The van der Waals surface area contributed by atoms with Gasteiger partial charge in [-0.1, -0.05) is 48.3 Å². The largest absolute Gasteiger partial charge is 0.508 e. The predicted molar refractivity (Wildman–Crippen MR) is 114 cm³/mol. The third-order valence-corrected chi connectivity index (χ3v) is 7.72. The number of likely N-dealkylation sites (tertiary alicyclic amines) is 1. The van der Waals surface area contributed by atoms with Crippen molar-refractivity contribution in [1.82, 2.24) is 4.90 Å². The number of nitrogens with zero attached hydrogens (tertiary/aromatic N) is 4. The number of phenolic OH excluding ortho intramolecular Hbond substituents is 1. The molecule has 2 aliphatic carbocycles. The number of hydrogen-bond acceptors (Lipinski definition) is 3. The van der Waals surface area contributed by atoms with E-state index in [2.05, 4.69) is 39.2 Å². The van der Waals surface area contributed by atoms with E-state index in [1.54, 1.807) is 0 Å². The number of azide groups is 1. The van der Waals surface area contributed by atoms with Gasteiger partial charge < -0.3 is 5.11 Å². The van der Waals surface area contributed by atoms with Crippen LogP contribution in [-0.4, -0.2) is 29.1 Å². The van der Waals surface area contributed by atoms with Crippen molar-refractivity contribution in [2.75, 3.05) is 13.1 Å². The van der Waals surface area contributed by atoms with E-state index in [1.165, 1.54) is 48.8 Å².